The first kappa shape index (κ1) is 11.5. The summed E-state index contributed by atoms with van der Waals surface area (Å²) in [6, 6.07) is 13.2. The summed E-state index contributed by atoms with van der Waals surface area (Å²) in [4.78, 5) is 15.4. The molecule has 0 fully saturated rings. The van der Waals surface area contributed by atoms with Crippen LogP contribution in [0.15, 0.2) is 54.9 Å². The molecule has 0 spiro atoms. The van der Waals surface area contributed by atoms with Gasteiger partial charge in [-0.1, -0.05) is 30.3 Å². The summed E-state index contributed by atoms with van der Waals surface area (Å²) in [6.07, 6.45) is 4.39. The first-order valence-electron chi connectivity index (χ1n) is 5.97. The first-order chi connectivity index (χ1) is 9.22. The fraction of sp³-hybridized carbons (Fsp3) is 0.0667. The molecular weight excluding hydrogens is 240 g/mol. The van der Waals surface area contributed by atoms with Crippen molar-refractivity contribution >= 4 is 11.6 Å². The van der Waals surface area contributed by atoms with E-state index in [4.69, 9.17) is 5.11 Å². The molecule has 94 valence electrons. The molecule has 0 saturated heterocycles. The largest absolute Gasteiger partial charge is 0.478 e. The van der Waals surface area contributed by atoms with Gasteiger partial charge in [-0.25, -0.2) is 9.78 Å². The molecule has 4 heteroatoms. The standard InChI is InChI=1S/C15H12N2O2/c18-15(19)12-6-7-17-10-13(16-14(17)9-12)8-11-4-2-1-3-5-11/h1-7,9-10H,8H2,(H,18,19). The average Bonchev–Trinajstić information content (AvgIpc) is 2.80. The average molecular weight is 252 g/mol. The van der Waals surface area contributed by atoms with Crippen molar-refractivity contribution in [2.75, 3.05) is 0 Å². The lowest BCUT2D eigenvalue weighted by molar-refractivity contribution is 0.0697. The monoisotopic (exact) mass is 252 g/mol. The molecule has 0 unspecified atom stereocenters. The van der Waals surface area contributed by atoms with Gasteiger partial charge in [-0.2, -0.15) is 0 Å². The number of hydrogen-bond acceptors (Lipinski definition) is 2. The van der Waals surface area contributed by atoms with Gasteiger partial charge in [0.15, 0.2) is 0 Å². The summed E-state index contributed by atoms with van der Waals surface area (Å²) in [6.45, 7) is 0. The number of pyridine rings is 1. The molecule has 0 aliphatic rings. The molecule has 1 aromatic carbocycles. The molecule has 0 atom stereocenters. The van der Waals surface area contributed by atoms with Crippen molar-refractivity contribution in [3.05, 3.63) is 71.7 Å². The number of carboxylic acid groups (broad SMARTS) is 1. The van der Waals surface area contributed by atoms with E-state index in [1.165, 1.54) is 5.56 Å². The maximum absolute atomic E-state index is 10.9. The van der Waals surface area contributed by atoms with Gasteiger partial charge in [0.1, 0.15) is 5.65 Å². The highest BCUT2D eigenvalue weighted by molar-refractivity contribution is 5.88. The molecule has 3 rings (SSSR count). The van der Waals surface area contributed by atoms with Gasteiger partial charge < -0.3 is 9.51 Å². The number of nitrogens with zero attached hydrogens (tertiary/aromatic N) is 2. The zero-order valence-electron chi connectivity index (χ0n) is 10.2. The predicted octanol–water partition coefficient (Wildman–Crippen LogP) is 2.62. The predicted molar refractivity (Wildman–Crippen MR) is 71.4 cm³/mol. The third-order valence-corrected chi connectivity index (χ3v) is 2.99. The Hall–Kier alpha value is -2.62. The van der Waals surface area contributed by atoms with Crippen LogP contribution in [0.1, 0.15) is 21.6 Å². The Balaban J connectivity index is 1.95. The number of carboxylic acids is 1. The van der Waals surface area contributed by atoms with Crippen molar-refractivity contribution in [2.45, 2.75) is 6.42 Å². The summed E-state index contributed by atoms with van der Waals surface area (Å²) >= 11 is 0. The SMILES string of the molecule is O=C(O)c1ccn2cc(Cc3ccccc3)nc2c1. The Morgan fingerprint density at radius 1 is 1.21 bits per heavy atom. The Kier molecular flexibility index (Phi) is 2.76. The van der Waals surface area contributed by atoms with Gasteiger partial charge in [0.2, 0.25) is 0 Å². The van der Waals surface area contributed by atoms with E-state index in [1.54, 1.807) is 18.3 Å². The van der Waals surface area contributed by atoms with E-state index in [9.17, 15) is 4.79 Å². The fourth-order valence-corrected chi connectivity index (χ4v) is 2.06. The maximum atomic E-state index is 10.9. The van der Waals surface area contributed by atoms with E-state index in [2.05, 4.69) is 4.98 Å². The smallest absolute Gasteiger partial charge is 0.335 e. The third kappa shape index (κ3) is 2.33. The minimum absolute atomic E-state index is 0.254. The van der Waals surface area contributed by atoms with Crippen molar-refractivity contribution in [1.82, 2.24) is 9.38 Å². The summed E-state index contributed by atoms with van der Waals surface area (Å²) in [5.74, 6) is -0.935. The van der Waals surface area contributed by atoms with Crippen molar-refractivity contribution in [1.29, 1.82) is 0 Å². The van der Waals surface area contributed by atoms with Gasteiger partial charge >= 0.3 is 5.97 Å². The number of aromatic nitrogens is 2. The highest BCUT2D eigenvalue weighted by Crippen LogP contribution is 2.12. The molecular formula is C15H12N2O2. The molecule has 2 aromatic heterocycles. The quantitative estimate of drug-likeness (QED) is 0.779. The van der Waals surface area contributed by atoms with E-state index >= 15 is 0 Å². The van der Waals surface area contributed by atoms with Gasteiger partial charge in [-0.15, -0.1) is 0 Å². The van der Waals surface area contributed by atoms with E-state index in [0.29, 0.717) is 5.65 Å². The van der Waals surface area contributed by atoms with Gasteiger partial charge in [-0.3, -0.25) is 0 Å². The molecule has 3 aromatic rings. The summed E-state index contributed by atoms with van der Waals surface area (Å²) in [5.41, 5.74) is 3.02. The maximum Gasteiger partial charge on any atom is 0.335 e. The lowest BCUT2D eigenvalue weighted by Crippen LogP contribution is -1.96. The molecule has 1 N–H and O–H groups in total. The normalized spacial score (nSPS) is 10.7. The molecule has 0 bridgehead atoms. The van der Waals surface area contributed by atoms with Crippen LogP contribution in [-0.4, -0.2) is 20.5 Å². The lowest BCUT2D eigenvalue weighted by atomic mass is 10.1. The molecule has 0 aliphatic carbocycles. The van der Waals surface area contributed by atoms with Crippen molar-refractivity contribution in [3.63, 3.8) is 0 Å². The van der Waals surface area contributed by atoms with E-state index in [0.717, 1.165) is 12.1 Å². The molecule has 0 saturated carbocycles. The van der Waals surface area contributed by atoms with Gasteiger partial charge in [-0.05, 0) is 17.7 Å². The summed E-state index contributed by atoms with van der Waals surface area (Å²) < 4.78 is 1.84. The van der Waals surface area contributed by atoms with E-state index < -0.39 is 5.97 Å². The van der Waals surface area contributed by atoms with Crippen molar-refractivity contribution in [2.24, 2.45) is 0 Å². The zero-order valence-corrected chi connectivity index (χ0v) is 10.2. The minimum atomic E-state index is -0.935. The fourth-order valence-electron chi connectivity index (χ4n) is 2.06. The Morgan fingerprint density at radius 2 is 2.00 bits per heavy atom. The second kappa shape index (κ2) is 4.57. The Bertz CT molecular complexity index is 732. The number of fused-ring (bicyclic) bond motifs is 1. The highest BCUT2D eigenvalue weighted by atomic mass is 16.4. The molecule has 0 aliphatic heterocycles. The molecule has 19 heavy (non-hydrogen) atoms. The number of rotatable bonds is 3. The van der Waals surface area contributed by atoms with Crippen LogP contribution in [0.3, 0.4) is 0 Å². The number of hydrogen-bond donors (Lipinski definition) is 1. The third-order valence-electron chi connectivity index (χ3n) is 2.99. The number of imidazole rings is 1. The molecule has 0 amide bonds. The number of aromatic carboxylic acids is 1. The minimum Gasteiger partial charge on any atom is -0.478 e. The highest BCUT2D eigenvalue weighted by Gasteiger charge is 2.07. The van der Waals surface area contributed by atoms with Gasteiger partial charge in [0, 0.05) is 18.8 Å². The van der Waals surface area contributed by atoms with E-state index in [-0.39, 0.29) is 5.56 Å². The molecule has 2 heterocycles. The van der Waals surface area contributed by atoms with Crippen LogP contribution in [0.25, 0.3) is 5.65 Å². The topological polar surface area (TPSA) is 54.6 Å². The Labute approximate surface area is 110 Å². The van der Waals surface area contributed by atoms with Crippen LogP contribution in [0, 0.1) is 0 Å². The first-order valence-corrected chi connectivity index (χ1v) is 5.97. The summed E-state index contributed by atoms with van der Waals surface area (Å²) in [5, 5.41) is 8.95. The second-order valence-corrected chi connectivity index (χ2v) is 4.38. The van der Waals surface area contributed by atoms with Crippen LogP contribution >= 0.6 is 0 Å². The van der Waals surface area contributed by atoms with E-state index in [1.807, 2.05) is 40.9 Å². The van der Waals surface area contributed by atoms with Crippen LogP contribution < -0.4 is 0 Å². The Morgan fingerprint density at radius 3 is 2.74 bits per heavy atom. The molecule has 4 nitrogen and oxygen atoms in total. The van der Waals surface area contributed by atoms with Gasteiger partial charge in [0.25, 0.3) is 0 Å². The second-order valence-electron chi connectivity index (χ2n) is 4.38. The summed E-state index contributed by atoms with van der Waals surface area (Å²) in [7, 11) is 0. The van der Waals surface area contributed by atoms with Crippen LogP contribution in [0.2, 0.25) is 0 Å². The van der Waals surface area contributed by atoms with Crippen molar-refractivity contribution < 1.29 is 9.90 Å². The lowest BCUT2D eigenvalue weighted by Gasteiger charge is -1.95. The molecule has 0 radical (unpaired) electrons. The van der Waals surface area contributed by atoms with Gasteiger partial charge in [0.05, 0.1) is 11.3 Å². The number of carbonyl (C=O) groups is 1. The van der Waals surface area contributed by atoms with Crippen LogP contribution in [0.5, 0.6) is 0 Å². The number of benzene rings is 1. The van der Waals surface area contributed by atoms with Crippen LogP contribution in [0.4, 0.5) is 0 Å². The zero-order chi connectivity index (χ0) is 13.2. The van der Waals surface area contributed by atoms with Crippen molar-refractivity contribution in [3.8, 4) is 0 Å². The van der Waals surface area contributed by atoms with Crippen LogP contribution in [-0.2, 0) is 6.42 Å².